The molecule has 4 heteroatoms. The van der Waals surface area contributed by atoms with E-state index in [1.165, 1.54) is 0 Å². The molecule has 1 aromatic rings. The molecule has 1 saturated carbocycles. The molecule has 1 aromatic carbocycles. The van der Waals surface area contributed by atoms with Crippen LogP contribution in [0.2, 0.25) is 0 Å². The van der Waals surface area contributed by atoms with E-state index >= 15 is 0 Å². The quantitative estimate of drug-likeness (QED) is 0.851. The molecule has 0 heterocycles. The summed E-state index contributed by atoms with van der Waals surface area (Å²) < 4.78 is 23.8. The molecule has 1 N–H and O–H groups in total. The monoisotopic (exact) mass is 239 g/mol. The Balaban J connectivity index is 2.07. The summed E-state index contributed by atoms with van der Waals surface area (Å²) >= 11 is 0. The third-order valence-corrected chi connectivity index (χ3v) is 4.37. The van der Waals surface area contributed by atoms with E-state index in [9.17, 15) is 8.42 Å². The van der Waals surface area contributed by atoms with Crippen LogP contribution in [-0.2, 0) is 16.3 Å². The molecule has 0 spiro atoms. The fraction of sp³-hybridized carbons (Fsp3) is 0.500. The largest absolute Gasteiger partial charge is 0.301 e. The lowest BCUT2D eigenvalue weighted by Gasteiger charge is -2.06. The number of hydrogen-bond acceptors (Lipinski definition) is 3. The number of nitrogens with one attached hydrogen (secondary N) is 1. The zero-order chi connectivity index (χ0) is 11.6. The summed E-state index contributed by atoms with van der Waals surface area (Å²) in [5.41, 5.74) is 1.16. The van der Waals surface area contributed by atoms with Crippen molar-refractivity contribution in [1.82, 2.24) is 5.32 Å². The predicted molar refractivity (Wildman–Crippen MR) is 64.0 cm³/mol. The first-order valence-electron chi connectivity index (χ1n) is 5.67. The van der Waals surface area contributed by atoms with Crippen LogP contribution in [-0.4, -0.2) is 20.3 Å². The van der Waals surface area contributed by atoms with E-state index in [1.54, 1.807) is 12.1 Å². The van der Waals surface area contributed by atoms with Gasteiger partial charge in [0.15, 0.2) is 9.84 Å². The van der Waals surface area contributed by atoms with Gasteiger partial charge in [-0.15, -0.1) is 0 Å². The molecular formula is C12H17NO2S. The zero-order valence-electron chi connectivity index (χ0n) is 9.44. The average molecular weight is 239 g/mol. The maximum absolute atomic E-state index is 11.9. The molecule has 2 rings (SSSR count). The Morgan fingerprint density at radius 2 is 1.88 bits per heavy atom. The summed E-state index contributed by atoms with van der Waals surface area (Å²) in [6.45, 7) is 2.05. The second kappa shape index (κ2) is 4.55. The first-order valence-corrected chi connectivity index (χ1v) is 7.32. The van der Waals surface area contributed by atoms with Crippen molar-refractivity contribution in [2.75, 3.05) is 5.88 Å². The van der Waals surface area contributed by atoms with Gasteiger partial charge in [-0.05, 0) is 37.0 Å². The van der Waals surface area contributed by atoms with Gasteiger partial charge in [0.05, 0.1) is 4.90 Å². The van der Waals surface area contributed by atoms with Crippen molar-refractivity contribution in [3.63, 3.8) is 0 Å². The van der Waals surface area contributed by atoms with Gasteiger partial charge in [-0.1, -0.05) is 19.1 Å². The van der Waals surface area contributed by atoms with Gasteiger partial charge in [-0.25, -0.2) is 8.42 Å². The minimum atomic E-state index is -3.15. The third-order valence-electron chi connectivity index (χ3n) is 2.83. The molecule has 16 heavy (non-hydrogen) atoms. The number of hydrogen-bond donors (Lipinski definition) is 1. The van der Waals surface area contributed by atoms with E-state index in [4.69, 9.17) is 0 Å². The molecule has 0 radical (unpaired) electrons. The van der Waals surface area contributed by atoms with Crippen LogP contribution in [0.4, 0.5) is 0 Å². The SMILES string of the molecule is CCc1ccc(S(=O)(=O)CNC2CC2)cc1. The second-order valence-corrected chi connectivity index (χ2v) is 6.22. The molecule has 3 nitrogen and oxygen atoms in total. The first kappa shape index (κ1) is 11.6. The fourth-order valence-electron chi connectivity index (χ4n) is 1.53. The van der Waals surface area contributed by atoms with Gasteiger partial charge in [0.25, 0.3) is 0 Å². The van der Waals surface area contributed by atoms with Gasteiger partial charge in [0, 0.05) is 6.04 Å². The first-order chi connectivity index (χ1) is 7.62. The molecule has 0 aromatic heterocycles. The van der Waals surface area contributed by atoms with Gasteiger partial charge < -0.3 is 5.32 Å². The highest BCUT2D eigenvalue weighted by Crippen LogP contribution is 2.20. The minimum Gasteiger partial charge on any atom is -0.301 e. The van der Waals surface area contributed by atoms with Crippen LogP contribution in [0.3, 0.4) is 0 Å². The van der Waals surface area contributed by atoms with Crippen molar-refractivity contribution in [3.05, 3.63) is 29.8 Å². The van der Waals surface area contributed by atoms with Crippen LogP contribution >= 0.6 is 0 Å². The summed E-state index contributed by atoms with van der Waals surface area (Å²) in [7, 11) is -3.15. The van der Waals surface area contributed by atoms with Crippen molar-refractivity contribution in [2.45, 2.75) is 37.1 Å². The molecule has 1 fully saturated rings. The Morgan fingerprint density at radius 3 is 2.38 bits per heavy atom. The number of benzene rings is 1. The van der Waals surface area contributed by atoms with E-state index in [2.05, 4.69) is 12.2 Å². The molecule has 0 saturated heterocycles. The Kier molecular flexibility index (Phi) is 3.30. The number of rotatable bonds is 5. The highest BCUT2D eigenvalue weighted by atomic mass is 32.2. The molecule has 0 unspecified atom stereocenters. The van der Waals surface area contributed by atoms with Crippen LogP contribution in [0.15, 0.2) is 29.2 Å². The standard InChI is InChI=1S/C12H17NO2S/c1-2-10-3-7-12(8-4-10)16(14,15)9-13-11-5-6-11/h3-4,7-8,11,13H,2,5-6,9H2,1H3. The zero-order valence-corrected chi connectivity index (χ0v) is 10.3. The highest BCUT2D eigenvalue weighted by molar-refractivity contribution is 7.91. The number of aryl methyl sites for hydroxylation is 1. The highest BCUT2D eigenvalue weighted by Gasteiger charge is 2.23. The molecule has 0 amide bonds. The summed E-state index contributed by atoms with van der Waals surface area (Å²) in [5.74, 6) is 0.0587. The maximum atomic E-state index is 11.9. The molecule has 0 atom stereocenters. The summed E-state index contributed by atoms with van der Waals surface area (Å²) in [6.07, 6.45) is 3.13. The summed E-state index contributed by atoms with van der Waals surface area (Å²) in [5, 5.41) is 3.04. The number of sulfone groups is 1. The van der Waals surface area contributed by atoms with Crippen molar-refractivity contribution in [1.29, 1.82) is 0 Å². The van der Waals surface area contributed by atoms with Crippen LogP contribution < -0.4 is 5.32 Å². The summed E-state index contributed by atoms with van der Waals surface area (Å²) in [4.78, 5) is 0.415. The van der Waals surface area contributed by atoms with Crippen LogP contribution in [0.5, 0.6) is 0 Å². The van der Waals surface area contributed by atoms with Crippen LogP contribution in [0.1, 0.15) is 25.3 Å². The molecule has 88 valence electrons. The van der Waals surface area contributed by atoms with Crippen molar-refractivity contribution in [3.8, 4) is 0 Å². The Bertz CT molecular complexity index is 446. The smallest absolute Gasteiger partial charge is 0.191 e. The van der Waals surface area contributed by atoms with Crippen molar-refractivity contribution >= 4 is 9.84 Å². The van der Waals surface area contributed by atoms with E-state index in [0.29, 0.717) is 10.9 Å². The normalized spacial score (nSPS) is 16.3. The van der Waals surface area contributed by atoms with Gasteiger partial charge in [0.2, 0.25) is 0 Å². The molecule has 0 aliphatic heterocycles. The average Bonchev–Trinajstić information content (AvgIpc) is 3.10. The second-order valence-electron chi connectivity index (χ2n) is 4.23. The molecule has 1 aliphatic carbocycles. The Hall–Kier alpha value is -0.870. The topological polar surface area (TPSA) is 46.2 Å². The molecule has 0 bridgehead atoms. The fourth-order valence-corrected chi connectivity index (χ4v) is 2.70. The predicted octanol–water partition coefficient (Wildman–Crippen LogP) is 1.73. The molecule has 1 aliphatic rings. The lowest BCUT2D eigenvalue weighted by Crippen LogP contribution is -2.25. The van der Waals surface area contributed by atoms with Crippen molar-refractivity contribution in [2.24, 2.45) is 0 Å². The van der Waals surface area contributed by atoms with Crippen LogP contribution in [0, 0.1) is 0 Å². The van der Waals surface area contributed by atoms with Gasteiger partial charge in [-0.2, -0.15) is 0 Å². The van der Waals surface area contributed by atoms with Gasteiger partial charge in [-0.3, -0.25) is 0 Å². The third kappa shape index (κ3) is 2.83. The van der Waals surface area contributed by atoms with E-state index < -0.39 is 9.84 Å². The Morgan fingerprint density at radius 1 is 1.25 bits per heavy atom. The van der Waals surface area contributed by atoms with Crippen LogP contribution in [0.25, 0.3) is 0 Å². The Labute approximate surface area is 96.8 Å². The van der Waals surface area contributed by atoms with E-state index in [0.717, 1.165) is 24.8 Å². The van der Waals surface area contributed by atoms with E-state index in [1.807, 2.05) is 12.1 Å². The maximum Gasteiger partial charge on any atom is 0.191 e. The van der Waals surface area contributed by atoms with E-state index in [-0.39, 0.29) is 5.88 Å². The van der Waals surface area contributed by atoms with Gasteiger partial charge >= 0.3 is 0 Å². The lowest BCUT2D eigenvalue weighted by molar-refractivity contribution is 0.586. The summed E-state index contributed by atoms with van der Waals surface area (Å²) in [6, 6.07) is 7.57. The van der Waals surface area contributed by atoms with Gasteiger partial charge in [0.1, 0.15) is 5.88 Å². The van der Waals surface area contributed by atoms with Crippen molar-refractivity contribution < 1.29 is 8.42 Å². The minimum absolute atomic E-state index is 0.0587. The lowest BCUT2D eigenvalue weighted by atomic mass is 10.2. The molecular weight excluding hydrogens is 222 g/mol.